The number of rotatable bonds is 2. The Hall–Kier alpha value is -1.28. The summed E-state index contributed by atoms with van der Waals surface area (Å²) in [6, 6.07) is 2.66. The van der Waals surface area contributed by atoms with Gasteiger partial charge in [-0.1, -0.05) is 6.42 Å². The van der Waals surface area contributed by atoms with E-state index < -0.39 is 0 Å². The van der Waals surface area contributed by atoms with Crippen LogP contribution >= 0.6 is 11.5 Å². The van der Waals surface area contributed by atoms with E-state index in [0.29, 0.717) is 17.4 Å². The zero-order valence-corrected chi connectivity index (χ0v) is 9.76. The molecule has 0 radical (unpaired) electrons. The smallest absolute Gasteiger partial charge is 0.157 e. The third-order valence-electron chi connectivity index (χ3n) is 3.88. The molecule has 2 aliphatic rings. The summed E-state index contributed by atoms with van der Waals surface area (Å²) in [5.74, 6) is 2.05. The zero-order valence-electron chi connectivity index (χ0n) is 8.94. The first-order valence-electron chi connectivity index (χ1n) is 5.69. The van der Waals surface area contributed by atoms with E-state index in [9.17, 15) is 0 Å². The van der Waals surface area contributed by atoms with E-state index in [1.165, 1.54) is 37.2 Å². The first-order chi connectivity index (χ1) is 7.78. The topological polar surface area (TPSA) is 74.7 Å². The molecule has 2 saturated carbocycles. The van der Waals surface area contributed by atoms with Crippen LogP contribution in [-0.4, -0.2) is 10.4 Å². The van der Waals surface area contributed by atoms with Crippen molar-refractivity contribution in [3.63, 3.8) is 0 Å². The fraction of sp³-hybridized carbons (Fsp3) is 0.636. The molecule has 16 heavy (non-hydrogen) atoms. The van der Waals surface area contributed by atoms with Crippen LogP contribution in [0.4, 0.5) is 10.8 Å². The van der Waals surface area contributed by atoms with Crippen molar-refractivity contribution in [2.45, 2.75) is 31.7 Å². The van der Waals surface area contributed by atoms with Crippen LogP contribution in [0.25, 0.3) is 0 Å². The molecule has 3 atom stereocenters. The minimum atomic E-state index is 0.359. The molecule has 2 aliphatic carbocycles. The standard InChI is InChI=1S/C11H14N4S/c12-5-8-10(13)15-16-11(8)14-9-4-6-1-2-7(9)3-6/h6-7,9,14H,1-4H2,(H2,13,15). The van der Waals surface area contributed by atoms with Gasteiger partial charge < -0.3 is 11.1 Å². The van der Waals surface area contributed by atoms with Crippen LogP contribution in [0.2, 0.25) is 0 Å². The molecule has 5 heteroatoms. The van der Waals surface area contributed by atoms with E-state index in [0.717, 1.165) is 16.8 Å². The monoisotopic (exact) mass is 234 g/mol. The van der Waals surface area contributed by atoms with Gasteiger partial charge in [0.1, 0.15) is 16.6 Å². The van der Waals surface area contributed by atoms with Crippen molar-refractivity contribution >= 4 is 22.4 Å². The van der Waals surface area contributed by atoms with Gasteiger partial charge in [0.25, 0.3) is 0 Å². The third kappa shape index (κ3) is 1.45. The predicted molar refractivity (Wildman–Crippen MR) is 64.1 cm³/mol. The number of hydrogen-bond donors (Lipinski definition) is 2. The van der Waals surface area contributed by atoms with Crippen molar-refractivity contribution < 1.29 is 0 Å². The summed E-state index contributed by atoms with van der Waals surface area (Å²) < 4.78 is 4.03. The minimum absolute atomic E-state index is 0.359. The Labute approximate surface area is 98.6 Å². The van der Waals surface area contributed by atoms with Gasteiger partial charge in [0.2, 0.25) is 0 Å². The highest BCUT2D eigenvalue weighted by Crippen LogP contribution is 2.46. The summed E-state index contributed by atoms with van der Waals surface area (Å²) in [6.07, 6.45) is 5.32. The van der Waals surface area contributed by atoms with E-state index in [1.54, 1.807) is 0 Å². The number of nitrogens with two attached hydrogens (primary N) is 1. The van der Waals surface area contributed by atoms with Gasteiger partial charge in [-0.3, -0.25) is 0 Å². The first-order valence-corrected chi connectivity index (χ1v) is 6.47. The molecular weight excluding hydrogens is 220 g/mol. The summed E-state index contributed by atoms with van der Waals surface area (Å²) in [6.45, 7) is 0. The molecule has 0 aromatic carbocycles. The van der Waals surface area contributed by atoms with E-state index in [1.807, 2.05) is 0 Å². The van der Waals surface area contributed by atoms with E-state index >= 15 is 0 Å². The highest BCUT2D eigenvalue weighted by Gasteiger charge is 2.39. The molecule has 84 valence electrons. The van der Waals surface area contributed by atoms with E-state index in [2.05, 4.69) is 15.8 Å². The molecule has 3 unspecified atom stereocenters. The van der Waals surface area contributed by atoms with Crippen LogP contribution in [0.5, 0.6) is 0 Å². The summed E-state index contributed by atoms with van der Waals surface area (Å²) in [5.41, 5.74) is 6.16. The SMILES string of the molecule is N#Cc1c(N)nsc1NC1CC2CCC1C2. The molecule has 4 nitrogen and oxygen atoms in total. The fourth-order valence-electron chi connectivity index (χ4n) is 3.10. The van der Waals surface area contributed by atoms with Crippen LogP contribution < -0.4 is 11.1 Å². The van der Waals surface area contributed by atoms with Crippen molar-refractivity contribution in [2.24, 2.45) is 11.8 Å². The summed E-state index contributed by atoms with van der Waals surface area (Å²) in [5, 5.41) is 13.3. The van der Waals surface area contributed by atoms with Crippen molar-refractivity contribution in [3.8, 4) is 6.07 Å². The molecule has 3 N–H and O–H groups in total. The molecule has 0 aliphatic heterocycles. The minimum Gasteiger partial charge on any atom is -0.382 e. The largest absolute Gasteiger partial charge is 0.382 e. The second kappa shape index (κ2) is 3.63. The van der Waals surface area contributed by atoms with Crippen molar-refractivity contribution in [1.29, 1.82) is 5.26 Å². The number of nitrogens with zero attached hydrogens (tertiary/aromatic N) is 2. The fourth-order valence-corrected chi connectivity index (χ4v) is 3.83. The molecule has 2 fully saturated rings. The number of hydrogen-bond acceptors (Lipinski definition) is 5. The lowest BCUT2D eigenvalue weighted by Gasteiger charge is -2.22. The summed E-state index contributed by atoms with van der Waals surface area (Å²) in [7, 11) is 0. The van der Waals surface area contributed by atoms with E-state index in [4.69, 9.17) is 11.0 Å². The van der Waals surface area contributed by atoms with Gasteiger partial charge in [-0.2, -0.15) is 9.64 Å². The average Bonchev–Trinajstić information content (AvgIpc) is 2.94. The van der Waals surface area contributed by atoms with Crippen molar-refractivity contribution in [2.75, 3.05) is 11.1 Å². The lowest BCUT2D eigenvalue weighted by Crippen LogP contribution is -2.25. The number of nitrogens with one attached hydrogen (secondary N) is 1. The Kier molecular flexibility index (Phi) is 2.25. The highest BCUT2D eigenvalue weighted by molar-refractivity contribution is 7.10. The van der Waals surface area contributed by atoms with Gasteiger partial charge in [-0.15, -0.1) is 0 Å². The van der Waals surface area contributed by atoms with Crippen LogP contribution in [0, 0.1) is 23.2 Å². The lowest BCUT2D eigenvalue weighted by molar-refractivity contribution is 0.440. The maximum Gasteiger partial charge on any atom is 0.157 e. The van der Waals surface area contributed by atoms with Crippen LogP contribution in [0.3, 0.4) is 0 Å². The molecule has 2 bridgehead atoms. The Morgan fingerprint density at radius 1 is 1.44 bits per heavy atom. The maximum atomic E-state index is 8.99. The number of aromatic nitrogens is 1. The summed E-state index contributed by atoms with van der Waals surface area (Å²) >= 11 is 1.31. The second-order valence-electron chi connectivity index (χ2n) is 4.81. The van der Waals surface area contributed by atoms with Gasteiger partial charge in [0.15, 0.2) is 5.82 Å². The normalized spacial score (nSPS) is 31.6. The highest BCUT2D eigenvalue weighted by atomic mass is 32.1. The summed E-state index contributed by atoms with van der Waals surface area (Å²) in [4.78, 5) is 0. The molecular formula is C11H14N4S. The molecule has 3 rings (SSSR count). The number of nitriles is 1. The zero-order chi connectivity index (χ0) is 11.1. The molecule has 1 aromatic rings. The van der Waals surface area contributed by atoms with Gasteiger partial charge in [-0.25, -0.2) is 0 Å². The number of fused-ring (bicyclic) bond motifs is 2. The average molecular weight is 234 g/mol. The predicted octanol–water partition coefficient (Wildman–Crippen LogP) is 2.20. The molecule has 1 aromatic heterocycles. The van der Waals surface area contributed by atoms with Crippen molar-refractivity contribution in [1.82, 2.24) is 4.37 Å². The number of anilines is 2. The van der Waals surface area contributed by atoms with Crippen LogP contribution in [-0.2, 0) is 0 Å². The Morgan fingerprint density at radius 2 is 2.31 bits per heavy atom. The first kappa shape index (κ1) is 9.91. The molecule has 0 spiro atoms. The van der Waals surface area contributed by atoms with E-state index in [-0.39, 0.29) is 0 Å². The number of nitrogen functional groups attached to an aromatic ring is 1. The second-order valence-corrected chi connectivity index (χ2v) is 5.58. The van der Waals surface area contributed by atoms with Gasteiger partial charge in [0.05, 0.1) is 0 Å². The Bertz CT molecular complexity index is 447. The Morgan fingerprint density at radius 3 is 2.94 bits per heavy atom. The van der Waals surface area contributed by atoms with Crippen LogP contribution in [0.15, 0.2) is 0 Å². The van der Waals surface area contributed by atoms with Gasteiger partial charge >= 0.3 is 0 Å². The third-order valence-corrected chi connectivity index (χ3v) is 4.68. The Balaban J connectivity index is 1.77. The molecule has 0 amide bonds. The molecule has 1 heterocycles. The van der Waals surface area contributed by atoms with Crippen LogP contribution in [0.1, 0.15) is 31.2 Å². The van der Waals surface area contributed by atoms with Crippen molar-refractivity contribution in [3.05, 3.63) is 5.56 Å². The van der Waals surface area contributed by atoms with Gasteiger partial charge in [0, 0.05) is 6.04 Å². The lowest BCUT2D eigenvalue weighted by atomic mass is 9.95. The quantitative estimate of drug-likeness (QED) is 0.822. The molecule has 0 saturated heterocycles. The van der Waals surface area contributed by atoms with Gasteiger partial charge in [-0.05, 0) is 42.6 Å². The maximum absolute atomic E-state index is 8.99.